The first kappa shape index (κ1) is 10.5. The minimum atomic E-state index is -0.624. The van der Waals surface area contributed by atoms with Gasteiger partial charge in [0.15, 0.2) is 5.75 Å². The summed E-state index contributed by atoms with van der Waals surface area (Å²) < 4.78 is 5.01. The molecule has 0 aliphatic rings. The summed E-state index contributed by atoms with van der Waals surface area (Å²) in [6.45, 7) is 1.77. The highest BCUT2D eigenvalue weighted by molar-refractivity contribution is 5.48. The summed E-state index contributed by atoms with van der Waals surface area (Å²) in [7, 11) is 1.52. The fraction of sp³-hybridized carbons (Fsp3) is 0.333. The van der Waals surface area contributed by atoms with Crippen LogP contribution in [0.4, 0.5) is 5.69 Å². The van der Waals surface area contributed by atoms with Crippen LogP contribution in [0.3, 0.4) is 0 Å². The summed E-state index contributed by atoms with van der Waals surface area (Å²) in [5.41, 5.74) is 0.364. The molecule has 0 heterocycles. The highest BCUT2D eigenvalue weighted by atomic mass is 16.6. The SMILES string of the molecule is COC(C)c1ccc(O)c([N+](=O)[O-])c1. The van der Waals surface area contributed by atoms with Gasteiger partial charge >= 0.3 is 5.69 Å². The number of nitro groups is 1. The van der Waals surface area contributed by atoms with E-state index in [1.54, 1.807) is 13.0 Å². The molecule has 5 heteroatoms. The van der Waals surface area contributed by atoms with Gasteiger partial charge in [-0.2, -0.15) is 0 Å². The van der Waals surface area contributed by atoms with Gasteiger partial charge in [0.2, 0.25) is 0 Å². The maximum absolute atomic E-state index is 10.5. The third kappa shape index (κ3) is 2.00. The normalized spacial score (nSPS) is 12.4. The van der Waals surface area contributed by atoms with Gasteiger partial charge in [0.1, 0.15) is 0 Å². The molecule has 0 radical (unpaired) electrons. The fourth-order valence-corrected chi connectivity index (χ4v) is 1.08. The van der Waals surface area contributed by atoms with E-state index in [9.17, 15) is 15.2 Å². The Morgan fingerprint density at radius 1 is 1.57 bits per heavy atom. The molecule has 0 bridgehead atoms. The quantitative estimate of drug-likeness (QED) is 0.594. The van der Waals surface area contributed by atoms with E-state index in [-0.39, 0.29) is 17.5 Å². The molecule has 0 saturated heterocycles. The molecule has 1 aromatic carbocycles. The first-order valence-electron chi connectivity index (χ1n) is 4.06. The molecule has 0 fully saturated rings. The van der Waals surface area contributed by atoms with Crippen molar-refractivity contribution in [3.63, 3.8) is 0 Å². The van der Waals surface area contributed by atoms with Crippen molar-refractivity contribution in [3.8, 4) is 5.75 Å². The highest BCUT2D eigenvalue weighted by Crippen LogP contribution is 2.29. The second-order valence-electron chi connectivity index (χ2n) is 2.88. The van der Waals surface area contributed by atoms with Crippen LogP contribution in [0.1, 0.15) is 18.6 Å². The number of nitro benzene ring substituents is 1. The molecule has 76 valence electrons. The number of ether oxygens (including phenoxy) is 1. The van der Waals surface area contributed by atoms with Crippen molar-refractivity contribution in [3.05, 3.63) is 33.9 Å². The summed E-state index contributed by atoms with van der Waals surface area (Å²) in [5.74, 6) is -0.331. The van der Waals surface area contributed by atoms with E-state index in [4.69, 9.17) is 4.74 Å². The summed E-state index contributed by atoms with van der Waals surface area (Å²) >= 11 is 0. The van der Waals surface area contributed by atoms with Crippen molar-refractivity contribution >= 4 is 5.69 Å². The summed E-state index contributed by atoms with van der Waals surface area (Å²) in [5, 5.41) is 19.7. The van der Waals surface area contributed by atoms with Crippen LogP contribution in [0.2, 0.25) is 0 Å². The first-order chi connectivity index (χ1) is 6.56. The Morgan fingerprint density at radius 3 is 2.71 bits per heavy atom. The lowest BCUT2D eigenvalue weighted by atomic mass is 10.1. The third-order valence-corrected chi connectivity index (χ3v) is 2.02. The van der Waals surface area contributed by atoms with E-state index >= 15 is 0 Å². The van der Waals surface area contributed by atoms with Gasteiger partial charge in [-0.05, 0) is 18.6 Å². The molecule has 0 aromatic heterocycles. The maximum atomic E-state index is 10.5. The Labute approximate surface area is 81.1 Å². The predicted octanol–water partition coefficient (Wildman–Crippen LogP) is 2.01. The molecule has 0 spiro atoms. The Morgan fingerprint density at radius 2 is 2.21 bits per heavy atom. The summed E-state index contributed by atoms with van der Waals surface area (Å²) in [4.78, 5) is 9.87. The predicted molar refractivity (Wildman–Crippen MR) is 50.2 cm³/mol. The second kappa shape index (κ2) is 4.06. The van der Waals surface area contributed by atoms with Crippen molar-refractivity contribution in [1.82, 2.24) is 0 Å². The van der Waals surface area contributed by atoms with E-state index in [0.29, 0.717) is 5.56 Å². The standard InChI is InChI=1S/C9H11NO4/c1-6(14-2)7-3-4-9(11)8(5-7)10(12)13/h3-6,11H,1-2H3. The van der Waals surface area contributed by atoms with Crippen LogP contribution in [-0.4, -0.2) is 17.1 Å². The molecule has 0 amide bonds. The molecule has 5 nitrogen and oxygen atoms in total. The molecule has 0 aliphatic carbocycles. The van der Waals surface area contributed by atoms with Crippen molar-refractivity contribution in [2.45, 2.75) is 13.0 Å². The second-order valence-corrected chi connectivity index (χ2v) is 2.88. The van der Waals surface area contributed by atoms with Gasteiger partial charge in [-0.1, -0.05) is 6.07 Å². The molecule has 14 heavy (non-hydrogen) atoms. The first-order valence-corrected chi connectivity index (χ1v) is 4.06. The van der Waals surface area contributed by atoms with E-state index in [1.807, 2.05) is 0 Å². The number of benzene rings is 1. The van der Waals surface area contributed by atoms with Crippen LogP contribution < -0.4 is 0 Å². The van der Waals surface area contributed by atoms with Crippen LogP contribution in [0.25, 0.3) is 0 Å². The topological polar surface area (TPSA) is 72.6 Å². The highest BCUT2D eigenvalue weighted by Gasteiger charge is 2.15. The Hall–Kier alpha value is -1.62. The Balaban J connectivity index is 3.12. The van der Waals surface area contributed by atoms with Crippen molar-refractivity contribution in [2.75, 3.05) is 7.11 Å². The van der Waals surface area contributed by atoms with Crippen LogP contribution >= 0.6 is 0 Å². The molecule has 0 saturated carbocycles. The molecular weight excluding hydrogens is 186 g/mol. The van der Waals surface area contributed by atoms with Gasteiger partial charge in [0.25, 0.3) is 0 Å². The summed E-state index contributed by atoms with van der Waals surface area (Å²) in [6.07, 6.45) is -0.228. The molecule has 1 aromatic rings. The monoisotopic (exact) mass is 197 g/mol. The molecular formula is C9H11NO4. The summed E-state index contributed by atoms with van der Waals surface area (Å²) in [6, 6.07) is 4.20. The van der Waals surface area contributed by atoms with Crippen LogP contribution in [0, 0.1) is 10.1 Å². The van der Waals surface area contributed by atoms with Gasteiger partial charge in [-0.25, -0.2) is 0 Å². The van der Waals surface area contributed by atoms with Crippen molar-refractivity contribution < 1.29 is 14.8 Å². The number of hydrogen-bond acceptors (Lipinski definition) is 4. The minimum Gasteiger partial charge on any atom is -0.502 e. The Kier molecular flexibility index (Phi) is 3.03. The third-order valence-electron chi connectivity index (χ3n) is 2.02. The molecule has 1 unspecified atom stereocenters. The zero-order chi connectivity index (χ0) is 10.7. The van der Waals surface area contributed by atoms with Crippen LogP contribution in [0.5, 0.6) is 5.75 Å². The van der Waals surface area contributed by atoms with Gasteiger partial charge < -0.3 is 9.84 Å². The lowest BCUT2D eigenvalue weighted by Gasteiger charge is -2.09. The maximum Gasteiger partial charge on any atom is 0.311 e. The van der Waals surface area contributed by atoms with Crippen LogP contribution in [0.15, 0.2) is 18.2 Å². The molecule has 1 rings (SSSR count). The minimum absolute atomic E-state index is 0.228. The van der Waals surface area contributed by atoms with E-state index < -0.39 is 4.92 Å². The zero-order valence-corrected chi connectivity index (χ0v) is 7.93. The van der Waals surface area contributed by atoms with E-state index in [0.717, 1.165) is 0 Å². The number of nitrogens with zero attached hydrogens (tertiary/aromatic N) is 1. The number of methoxy groups -OCH3 is 1. The lowest BCUT2D eigenvalue weighted by Crippen LogP contribution is -1.97. The van der Waals surface area contributed by atoms with Crippen molar-refractivity contribution in [1.29, 1.82) is 0 Å². The van der Waals surface area contributed by atoms with E-state index in [2.05, 4.69) is 0 Å². The zero-order valence-electron chi connectivity index (χ0n) is 7.93. The van der Waals surface area contributed by atoms with Gasteiger partial charge in [-0.3, -0.25) is 10.1 Å². The number of aromatic hydroxyl groups is 1. The lowest BCUT2D eigenvalue weighted by molar-refractivity contribution is -0.386. The smallest absolute Gasteiger partial charge is 0.311 e. The van der Waals surface area contributed by atoms with Gasteiger partial charge in [0.05, 0.1) is 11.0 Å². The van der Waals surface area contributed by atoms with Crippen molar-refractivity contribution in [2.24, 2.45) is 0 Å². The number of phenolic OH excluding ortho intramolecular Hbond substituents is 1. The number of phenols is 1. The van der Waals surface area contributed by atoms with Crippen LogP contribution in [-0.2, 0) is 4.74 Å². The number of hydrogen-bond donors (Lipinski definition) is 1. The molecule has 1 N–H and O–H groups in total. The average molecular weight is 197 g/mol. The van der Waals surface area contributed by atoms with Gasteiger partial charge in [-0.15, -0.1) is 0 Å². The molecule has 0 aliphatic heterocycles. The van der Waals surface area contributed by atoms with E-state index in [1.165, 1.54) is 19.2 Å². The van der Waals surface area contributed by atoms with Gasteiger partial charge in [0, 0.05) is 13.2 Å². The fourth-order valence-electron chi connectivity index (χ4n) is 1.08. The Bertz CT molecular complexity index is 351. The average Bonchev–Trinajstić information content (AvgIpc) is 2.17. The number of rotatable bonds is 3. The largest absolute Gasteiger partial charge is 0.502 e. The molecule has 1 atom stereocenters.